The van der Waals surface area contributed by atoms with Crippen LogP contribution >= 0.6 is 11.3 Å². The van der Waals surface area contributed by atoms with Gasteiger partial charge in [0.05, 0.1) is 66.3 Å². The maximum atomic E-state index is 10.2. The van der Waals surface area contributed by atoms with E-state index in [2.05, 4.69) is 0 Å². The molecule has 0 spiro atoms. The van der Waals surface area contributed by atoms with Gasteiger partial charge in [-0.05, 0) is 88.3 Å². The fraction of sp³-hybridized carbons (Fsp3) is 0. The van der Waals surface area contributed by atoms with Gasteiger partial charge >= 0.3 is 0 Å². The number of nitrogens with zero attached hydrogens (tertiary/aromatic N) is 2. The van der Waals surface area contributed by atoms with Crippen molar-refractivity contribution in [3.63, 3.8) is 0 Å². The lowest BCUT2D eigenvalue weighted by molar-refractivity contribution is 1.18. The SMILES string of the molecule is [2H]c1c([2H])c([2H])c(-c2cc(-n3c4c([2H])c([2H])c([2H])c([2H])c4c4c([2H])c(-c5c([2H])c([2H])c6c(c5[2H])c5c([2H])c([2H])c([2H])c([2H])c5n6-c5ccccc5-c5ccccc5)c([2H])c([2H])c43)c3c(sc4c([2H])c([2H])c([2H])c([2H])c43)c2[2H])c([2H])c1[2H]. The average Bonchev–Trinajstić information content (AvgIpc) is 3.71. The molecule has 0 aliphatic rings. The first-order chi connectivity index (χ1) is 38.3. The predicted octanol–water partition coefficient (Wildman–Crippen LogP) is 15.2. The zero-order valence-corrected chi connectivity index (χ0v) is 29.9. The first-order valence-corrected chi connectivity index (χ1v) is 18.4. The Morgan fingerprint density at radius 1 is 0.368 bits per heavy atom. The highest BCUT2D eigenvalue weighted by atomic mass is 32.1. The van der Waals surface area contributed by atoms with Crippen molar-refractivity contribution in [2.75, 3.05) is 0 Å². The molecule has 3 heteroatoms. The van der Waals surface area contributed by atoms with Gasteiger partial charge in [-0.2, -0.15) is 0 Å². The minimum atomic E-state index is -0.899. The van der Waals surface area contributed by atoms with Gasteiger partial charge in [-0.15, -0.1) is 11.3 Å². The van der Waals surface area contributed by atoms with Crippen LogP contribution in [0.15, 0.2) is 206 Å². The van der Waals surface area contributed by atoms with E-state index in [9.17, 15) is 16.4 Å². The van der Waals surface area contributed by atoms with Crippen LogP contribution in [0.3, 0.4) is 0 Å². The average molecular weight is 767 g/mol. The van der Waals surface area contributed by atoms with Gasteiger partial charge in [-0.1, -0.05) is 145 Å². The Balaban J connectivity index is 1.29. The molecule has 12 rings (SSSR count). The smallest absolute Gasteiger partial charge is 0.0645 e. The molecule has 0 saturated carbocycles. The molecule has 2 nitrogen and oxygen atoms in total. The summed E-state index contributed by atoms with van der Waals surface area (Å²) in [5.41, 5.74) is -2.29. The molecule has 0 atom stereocenters. The molecule has 3 aromatic heterocycles. The van der Waals surface area contributed by atoms with Gasteiger partial charge in [0.2, 0.25) is 0 Å². The second-order valence-corrected chi connectivity index (χ2v) is 14.0. The second kappa shape index (κ2) is 12.7. The molecule has 3 heterocycles. The summed E-state index contributed by atoms with van der Waals surface area (Å²) < 4.78 is 223. The number of hydrogen-bond donors (Lipinski definition) is 0. The van der Waals surface area contributed by atoms with Crippen LogP contribution in [0.1, 0.15) is 32.9 Å². The Kier molecular flexibility index (Phi) is 3.67. The molecule has 12 aromatic rings. The molecule has 0 aliphatic heterocycles. The number of para-hydroxylation sites is 3. The fourth-order valence-corrected chi connectivity index (χ4v) is 8.54. The van der Waals surface area contributed by atoms with Crippen LogP contribution in [-0.2, 0) is 0 Å². The molecule has 0 unspecified atom stereocenters. The summed E-state index contributed by atoms with van der Waals surface area (Å²) in [6.07, 6.45) is 0. The van der Waals surface area contributed by atoms with Crippen LogP contribution in [-0.4, -0.2) is 9.13 Å². The normalized spacial score (nSPS) is 17.8. The number of benzene rings is 9. The summed E-state index contributed by atoms with van der Waals surface area (Å²) in [6, 6.07) is -0.391. The minimum Gasteiger partial charge on any atom is -0.309 e. The number of fused-ring (bicyclic) bond motifs is 9. The lowest BCUT2D eigenvalue weighted by atomic mass is 10.00. The third kappa shape index (κ3) is 4.96. The Morgan fingerprint density at radius 3 is 1.63 bits per heavy atom. The van der Waals surface area contributed by atoms with Crippen molar-refractivity contribution in [3.05, 3.63) is 206 Å². The molecule has 0 aliphatic carbocycles. The van der Waals surface area contributed by atoms with Crippen LogP contribution in [0, 0.1) is 0 Å². The van der Waals surface area contributed by atoms with Crippen LogP contribution in [0.5, 0.6) is 0 Å². The van der Waals surface area contributed by atoms with Crippen molar-refractivity contribution >= 4 is 75.1 Å². The number of hydrogen-bond acceptors (Lipinski definition) is 1. The number of rotatable bonds is 5. The molecule has 9 aromatic carbocycles. The molecular formula is C54H34N2S. The van der Waals surface area contributed by atoms with E-state index in [1.54, 1.807) is 42.5 Å². The van der Waals surface area contributed by atoms with E-state index in [0.717, 1.165) is 10.6 Å². The van der Waals surface area contributed by atoms with E-state index in [0.29, 0.717) is 28.2 Å². The molecule has 57 heavy (non-hydrogen) atoms. The van der Waals surface area contributed by atoms with E-state index < -0.39 is 184 Å². The molecule has 266 valence electrons. The number of thiophene rings is 1. The van der Waals surface area contributed by atoms with Crippen molar-refractivity contribution in [1.82, 2.24) is 9.13 Å². The molecule has 0 bridgehead atoms. The standard InChI is InChI=1S/C54H34N2S/c1-3-15-35(16-4-1)39-33-51(54-43-22-10-14-26-52(43)57-53(54)34-39)56-48-25-13-9-21-42(48)45-32-38(28-30-50(45)56)37-27-29-49-44(31-37)41-20-8-12-24-47(41)55(49)46-23-11-7-19-40(46)36-17-5-2-6-18-36/h1-34H/i1D,3D,4D,8D,9D,10D,12D,13D,14D,15D,16D,20D,21D,22D,24D,25D,26D,27D,28D,29D,30D,31D,32D,34D. The summed E-state index contributed by atoms with van der Waals surface area (Å²) in [5, 5.41) is -1.83. The summed E-state index contributed by atoms with van der Waals surface area (Å²) in [7, 11) is 0. The molecule has 0 amide bonds. The van der Waals surface area contributed by atoms with E-state index in [4.69, 9.17) is 16.4 Å². The van der Waals surface area contributed by atoms with Gasteiger partial charge in [0.1, 0.15) is 0 Å². The van der Waals surface area contributed by atoms with Crippen molar-refractivity contribution in [1.29, 1.82) is 0 Å². The van der Waals surface area contributed by atoms with Crippen LogP contribution < -0.4 is 0 Å². The van der Waals surface area contributed by atoms with Crippen molar-refractivity contribution in [2.45, 2.75) is 0 Å². The Morgan fingerprint density at radius 2 is 0.930 bits per heavy atom. The monoisotopic (exact) mass is 766 g/mol. The highest BCUT2D eigenvalue weighted by molar-refractivity contribution is 7.26. The van der Waals surface area contributed by atoms with Gasteiger partial charge in [0.25, 0.3) is 0 Å². The first-order valence-electron chi connectivity index (χ1n) is 29.6. The molecule has 0 fully saturated rings. The second-order valence-electron chi connectivity index (χ2n) is 13.0. The zero-order valence-electron chi connectivity index (χ0n) is 53.1. The first kappa shape index (κ1) is 16.5. The third-order valence-corrected chi connectivity index (χ3v) is 10.9. The highest BCUT2D eigenvalue weighted by Gasteiger charge is 2.20. The topological polar surface area (TPSA) is 9.86 Å². The van der Waals surface area contributed by atoms with Gasteiger partial charge in [-0.3, -0.25) is 0 Å². The van der Waals surface area contributed by atoms with Gasteiger partial charge in [0.15, 0.2) is 0 Å². The zero-order chi connectivity index (χ0) is 58.3. The molecular weight excluding hydrogens is 709 g/mol. The van der Waals surface area contributed by atoms with Crippen molar-refractivity contribution < 1.29 is 32.9 Å². The maximum Gasteiger partial charge on any atom is 0.0645 e. The van der Waals surface area contributed by atoms with Crippen molar-refractivity contribution in [2.24, 2.45) is 0 Å². The lowest BCUT2D eigenvalue weighted by Gasteiger charge is -2.14. The summed E-state index contributed by atoms with van der Waals surface area (Å²) in [5.74, 6) is 0. The van der Waals surface area contributed by atoms with E-state index >= 15 is 0 Å². The Labute approximate surface area is 367 Å². The van der Waals surface area contributed by atoms with Crippen molar-refractivity contribution in [3.8, 4) is 44.8 Å². The van der Waals surface area contributed by atoms with Gasteiger partial charge in [0, 0.05) is 47.3 Å². The summed E-state index contributed by atoms with van der Waals surface area (Å²) in [6.45, 7) is 0. The Bertz CT molecular complexity index is 4900. The van der Waals surface area contributed by atoms with E-state index in [-0.39, 0.29) is 53.2 Å². The molecule has 0 radical (unpaired) electrons. The third-order valence-electron chi connectivity index (χ3n) is 9.92. The minimum absolute atomic E-state index is 0.107. The van der Waals surface area contributed by atoms with Gasteiger partial charge < -0.3 is 9.13 Å². The number of aromatic nitrogens is 2. The van der Waals surface area contributed by atoms with Gasteiger partial charge in [-0.25, -0.2) is 0 Å². The lowest BCUT2D eigenvalue weighted by Crippen LogP contribution is -1.97. The quantitative estimate of drug-likeness (QED) is 0.165. The summed E-state index contributed by atoms with van der Waals surface area (Å²) in [4.78, 5) is 0. The van der Waals surface area contributed by atoms with E-state index in [1.165, 1.54) is 4.57 Å². The van der Waals surface area contributed by atoms with Crippen LogP contribution in [0.2, 0.25) is 0 Å². The molecule has 0 saturated heterocycles. The van der Waals surface area contributed by atoms with Crippen LogP contribution in [0.4, 0.5) is 0 Å². The van der Waals surface area contributed by atoms with E-state index in [1.807, 2.05) is 12.1 Å². The molecule has 0 N–H and O–H groups in total. The highest BCUT2D eigenvalue weighted by Crippen LogP contribution is 2.44. The largest absolute Gasteiger partial charge is 0.309 e. The Hall–Kier alpha value is -7.20. The fourth-order valence-electron chi connectivity index (χ4n) is 7.51. The van der Waals surface area contributed by atoms with Crippen LogP contribution in [0.25, 0.3) is 109 Å². The summed E-state index contributed by atoms with van der Waals surface area (Å²) >= 11 is 0.694. The maximum absolute atomic E-state index is 10.2. The predicted molar refractivity (Wildman–Crippen MR) is 244 cm³/mol.